The van der Waals surface area contributed by atoms with Crippen molar-refractivity contribution < 1.29 is 47.5 Å². The lowest BCUT2D eigenvalue weighted by atomic mass is 10.1. The molecule has 1 heterocycles. The van der Waals surface area contributed by atoms with Gasteiger partial charge in [-0.2, -0.15) is 0 Å². The van der Waals surface area contributed by atoms with Gasteiger partial charge >= 0.3 is 0 Å². The highest BCUT2D eigenvalue weighted by molar-refractivity contribution is 6.22. The molecule has 10 heteroatoms. The molecule has 0 saturated heterocycles. The van der Waals surface area contributed by atoms with E-state index in [0.717, 1.165) is 22.3 Å². The second kappa shape index (κ2) is 15.0. The van der Waals surface area contributed by atoms with Crippen LogP contribution in [-0.2, 0) is 18.9 Å². The lowest BCUT2D eigenvalue weighted by Crippen LogP contribution is -2.13. The predicted octanol–water partition coefficient (Wildman–Crippen LogP) is 5.40. The van der Waals surface area contributed by atoms with Crippen LogP contribution >= 0.6 is 0 Å². The van der Waals surface area contributed by atoms with Gasteiger partial charge in [0, 0.05) is 22.3 Å². The Morgan fingerprint density at radius 3 is 0.771 bits per heavy atom. The minimum atomic E-state index is -0.0565. The lowest BCUT2D eigenvalue weighted by Gasteiger charge is -2.10. The fourth-order valence-corrected chi connectivity index (χ4v) is 5.95. The van der Waals surface area contributed by atoms with Crippen molar-refractivity contribution in [2.45, 2.75) is 0 Å². The van der Waals surface area contributed by atoms with Crippen LogP contribution in [0.15, 0.2) is 72.8 Å². The van der Waals surface area contributed by atoms with Crippen molar-refractivity contribution in [2.75, 3.05) is 79.3 Å². The predicted molar refractivity (Wildman–Crippen MR) is 176 cm³/mol. The summed E-state index contributed by atoms with van der Waals surface area (Å²) in [6.07, 6.45) is 0. The summed E-state index contributed by atoms with van der Waals surface area (Å²) in [5, 5.41) is 0. The molecule has 8 bridgehead atoms. The lowest BCUT2D eigenvalue weighted by molar-refractivity contribution is 0.0273. The average Bonchev–Trinajstić information content (AvgIpc) is 3.54. The van der Waals surface area contributed by atoms with Crippen LogP contribution in [0.25, 0.3) is 22.3 Å². The number of ketones is 2. The van der Waals surface area contributed by atoms with Gasteiger partial charge in [0.25, 0.3) is 0 Å². The Hall–Kier alpha value is -4.74. The molecule has 0 radical (unpaired) electrons. The first-order valence-electron chi connectivity index (χ1n) is 16.1. The smallest absolute Gasteiger partial charge is 0.194 e. The summed E-state index contributed by atoms with van der Waals surface area (Å²) in [7, 11) is 0. The summed E-state index contributed by atoms with van der Waals surface area (Å²) in [6.45, 7) is 4.48. The molecule has 0 spiro atoms. The van der Waals surface area contributed by atoms with Crippen LogP contribution in [0.5, 0.6) is 23.0 Å². The number of ether oxygens (including phenoxy) is 8. The van der Waals surface area contributed by atoms with E-state index in [2.05, 4.69) is 0 Å². The molecule has 0 amide bonds. The molecule has 10 nitrogen and oxygen atoms in total. The van der Waals surface area contributed by atoms with Crippen LogP contribution in [0.4, 0.5) is 0 Å². The van der Waals surface area contributed by atoms with E-state index < -0.39 is 0 Å². The van der Waals surface area contributed by atoms with Gasteiger partial charge in [-0.05, 0) is 95.1 Å². The van der Waals surface area contributed by atoms with Crippen molar-refractivity contribution in [3.8, 4) is 45.3 Å². The zero-order valence-corrected chi connectivity index (χ0v) is 26.5. The Balaban J connectivity index is 0.953. The molecule has 0 aromatic heterocycles. The SMILES string of the molecule is O=C1c2cc3ccc2-c2ccc(cc21)OCCOCCOCCOc1ccc2c(c1)C(=O)c1cc(ccc1-2)OCCOCCOCCO3. The molecule has 0 atom stereocenters. The first kappa shape index (κ1) is 31.8. The first-order valence-corrected chi connectivity index (χ1v) is 16.1. The van der Waals surface area contributed by atoms with Gasteiger partial charge < -0.3 is 37.9 Å². The maximum absolute atomic E-state index is 13.2. The van der Waals surface area contributed by atoms with Crippen LogP contribution in [0.2, 0.25) is 0 Å². The normalized spacial score (nSPS) is 17.4. The molecular formula is C38H36O10. The highest BCUT2D eigenvalue weighted by Crippen LogP contribution is 2.41. The third-order valence-electron chi connectivity index (χ3n) is 8.25. The zero-order chi connectivity index (χ0) is 32.7. The molecule has 2 aliphatic carbocycles. The van der Waals surface area contributed by atoms with Crippen molar-refractivity contribution >= 4 is 11.6 Å². The number of carbonyl (C=O) groups is 2. The van der Waals surface area contributed by atoms with Crippen molar-refractivity contribution in [1.29, 1.82) is 0 Å². The fourth-order valence-electron chi connectivity index (χ4n) is 5.95. The summed E-state index contributed by atoms with van der Waals surface area (Å²) in [4.78, 5) is 26.4. The molecule has 4 aromatic carbocycles. The van der Waals surface area contributed by atoms with Crippen LogP contribution in [-0.4, -0.2) is 90.8 Å². The quantitative estimate of drug-likeness (QED) is 0.212. The topological polar surface area (TPSA) is 108 Å². The second-order valence-corrected chi connectivity index (χ2v) is 11.3. The molecule has 0 saturated carbocycles. The fraction of sp³-hybridized carbons (Fsp3) is 0.316. The molecule has 248 valence electrons. The Kier molecular flexibility index (Phi) is 9.95. The maximum atomic E-state index is 13.2. The average molecular weight is 653 g/mol. The first-order chi connectivity index (χ1) is 23.7. The van der Waals surface area contributed by atoms with E-state index in [-0.39, 0.29) is 11.6 Å². The number of carbonyl (C=O) groups excluding carboxylic acids is 2. The number of rotatable bonds is 0. The van der Waals surface area contributed by atoms with E-state index in [4.69, 9.17) is 37.9 Å². The zero-order valence-electron chi connectivity index (χ0n) is 26.5. The summed E-state index contributed by atoms with van der Waals surface area (Å²) >= 11 is 0. The summed E-state index contributed by atoms with van der Waals surface area (Å²) < 4.78 is 46.0. The second-order valence-electron chi connectivity index (χ2n) is 11.3. The molecule has 0 unspecified atom stereocenters. The van der Waals surface area contributed by atoms with Crippen molar-refractivity contribution in [3.63, 3.8) is 0 Å². The van der Waals surface area contributed by atoms with Gasteiger partial charge in [0.2, 0.25) is 0 Å². The third-order valence-corrected chi connectivity index (χ3v) is 8.25. The van der Waals surface area contributed by atoms with Crippen molar-refractivity contribution in [3.05, 3.63) is 95.1 Å². The molecule has 1 aliphatic heterocycles. The summed E-state index contributed by atoms with van der Waals surface area (Å²) in [6, 6.07) is 22.2. The standard InChI is InChI=1S/C38H36O10/c39-37-33-21-25-1-5-29(33)30-6-2-26(22-34(30)37)46-18-14-43-11-12-44-16-20-48-28-4-8-32-31-7-3-27(23-35(31)38(40)36(32)24-28)47-19-15-42-10-9-41-13-17-45-25/h1-8,21-24H,9-20H2. The number of benzene rings is 4. The number of fused-ring (bicyclic) bond motifs is 6. The van der Waals surface area contributed by atoms with Crippen molar-refractivity contribution in [1.82, 2.24) is 0 Å². The van der Waals surface area contributed by atoms with Crippen molar-refractivity contribution in [2.24, 2.45) is 0 Å². The van der Waals surface area contributed by atoms with E-state index in [1.807, 2.05) is 48.5 Å². The monoisotopic (exact) mass is 652 g/mol. The molecule has 48 heavy (non-hydrogen) atoms. The van der Waals surface area contributed by atoms with Gasteiger partial charge in [0.15, 0.2) is 11.6 Å². The van der Waals surface area contributed by atoms with Gasteiger partial charge in [0.05, 0.1) is 52.9 Å². The summed E-state index contributed by atoms with van der Waals surface area (Å²) in [5.74, 6) is 2.32. The van der Waals surface area contributed by atoms with E-state index in [1.54, 1.807) is 24.3 Å². The Labute approximate surface area is 278 Å². The maximum Gasteiger partial charge on any atom is 0.194 e. The van der Waals surface area contributed by atoms with E-state index in [0.29, 0.717) is 125 Å². The Bertz CT molecular complexity index is 1540. The highest BCUT2D eigenvalue weighted by atomic mass is 16.6. The molecular weight excluding hydrogens is 616 g/mol. The van der Waals surface area contributed by atoms with Crippen LogP contribution in [0.3, 0.4) is 0 Å². The van der Waals surface area contributed by atoms with Crippen LogP contribution in [0, 0.1) is 0 Å². The van der Waals surface area contributed by atoms with E-state index >= 15 is 0 Å². The van der Waals surface area contributed by atoms with Crippen LogP contribution in [0.1, 0.15) is 31.8 Å². The molecule has 4 aromatic rings. The third kappa shape index (κ3) is 7.07. The van der Waals surface area contributed by atoms with E-state index in [1.165, 1.54) is 0 Å². The van der Waals surface area contributed by atoms with Gasteiger partial charge in [-0.3, -0.25) is 9.59 Å². The minimum Gasteiger partial charge on any atom is -0.491 e. The molecule has 0 fully saturated rings. The number of hydrogen-bond acceptors (Lipinski definition) is 10. The van der Waals surface area contributed by atoms with Gasteiger partial charge in [-0.15, -0.1) is 0 Å². The van der Waals surface area contributed by atoms with Gasteiger partial charge in [-0.1, -0.05) is 0 Å². The minimum absolute atomic E-state index is 0.0565. The van der Waals surface area contributed by atoms with E-state index in [9.17, 15) is 9.59 Å². The number of hydrogen-bond donors (Lipinski definition) is 0. The molecule has 0 N–H and O–H groups in total. The Morgan fingerprint density at radius 1 is 0.292 bits per heavy atom. The van der Waals surface area contributed by atoms with Crippen LogP contribution < -0.4 is 18.9 Å². The van der Waals surface area contributed by atoms with Gasteiger partial charge in [0.1, 0.15) is 49.4 Å². The summed E-state index contributed by atoms with van der Waals surface area (Å²) in [5.41, 5.74) is 5.95. The Morgan fingerprint density at radius 2 is 0.521 bits per heavy atom. The van der Waals surface area contributed by atoms with Gasteiger partial charge in [-0.25, -0.2) is 0 Å². The molecule has 3 aliphatic rings. The largest absolute Gasteiger partial charge is 0.491 e. The highest BCUT2D eigenvalue weighted by Gasteiger charge is 2.29. The molecule has 7 rings (SSSR count).